The van der Waals surface area contributed by atoms with E-state index in [4.69, 9.17) is 14.5 Å². The lowest BCUT2D eigenvalue weighted by Gasteiger charge is -2.31. The topological polar surface area (TPSA) is 111 Å². The molecule has 0 amide bonds. The number of methoxy groups -OCH3 is 1. The van der Waals surface area contributed by atoms with Gasteiger partial charge in [-0.1, -0.05) is 19.9 Å². The van der Waals surface area contributed by atoms with Crippen molar-refractivity contribution >= 4 is 16.9 Å². The largest absolute Gasteiger partial charge is 0.496 e. The number of fused-ring (bicyclic) bond motifs is 5. The molecule has 5 rings (SSSR count). The zero-order valence-electron chi connectivity index (χ0n) is 17.4. The van der Waals surface area contributed by atoms with Crippen molar-refractivity contribution in [1.82, 2.24) is 9.55 Å². The highest BCUT2D eigenvalue weighted by atomic mass is 16.6. The minimum Gasteiger partial charge on any atom is -0.496 e. The van der Waals surface area contributed by atoms with Gasteiger partial charge in [0.05, 0.1) is 29.6 Å². The molecule has 2 aromatic heterocycles. The number of aromatic nitrogens is 2. The molecular formula is C23H22N2O6. The normalized spacial score (nSPS) is 21.5. The summed E-state index contributed by atoms with van der Waals surface area (Å²) in [5.41, 5.74) is 0.836. The zero-order valence-corrected chi connectivity index (χ0v) is 17.4. The predicted octanol–water partition coefficient (Wildman–Crippen LogP) is 2.14. The molecule has 2 aliphatic rings. The number of carbonyl (C=O) groups is 1. The number of hydrogen-bond donors (Lipinski definition) is 2. The second-order valence-electron chi connectivity index (χ2n) is 7.82. The molecule has 0 spiro atoms. The molecule has 8 heteroatoms. The Morgan fingerprint density at radius 2 is 2.10 bits per heavy atom. The molecule has 1 unspecified atom stereocenters. The molecule has 0 saturated heterocycles. The van der Waals surface area contributed by atoms with Crippen LogP contribution in [0.3, 0.4) is 0 Å². The standard InChI is InChI=1S/C23H22N2O6/c1-4-11-17-14(7-6-8-16(17)30-3)24-19-15-9-13-12(10-31-22(28)23(13,29)5-2)20(26)25(15)21(27)18(11)19/h6-9,21,27,29H,4-5,10H2,1-3H3/t21?,23-/m0/s1. The van der Waals surface area contributed by atoms with E-state index in [0.29, 0.717) is 34.6 Å². The fourth-order valence-corrected chi connectivity index (χ4v) is 4.81. The minimum absolute atomic E-state index is 0.0553. The summed E-state index contributed by atoms with van der Waals surface area (Å²) in [6, 6.07) is 7.10. The molecule has 8 nitrogen and oxygen atoms in total. The van der Waals surface area contributed by atoms with Gasteiger partial charge in [-0.05, 0) is 36.6 Å². The van der Waals surface area contributed by atoms with E-state index in [1.807, 2.05) is 25.1 Å². The fourth-order valence-electron chi connectivity index (χ4n) is 4.81. The van der Waals surface area contributed by atoms with Crippen molar-refractivity contribution in [2.75, 3.05) is 7.11 Å². The summed E-state index contributed by atoms with van der Waals surface area (Å²) in [6.07, 6.45) is -0.603. The number of hydrogen-bond acceptors (Lipinski definition) is 7. The Morgan fingerprint density at radius 3 is 2.77 bits per heavy atom. The van der Waals surface area contributed by atoms with Crippen LogP contribution in [-0.4, -0.2) is 32.8 Å². The molecule has 0 radical (unpaired) electrons. The Morgan fingerprint density at radius 1 is 1.32 bits per heavy atom. The van der Waals surface area contributed by atoms with Gasteiger partial charge in [-0.25, -0.2) is 9.78 Å². The van der Waals surface area contributed by atoms with Gasteiger partial charge in [0.1, 0.15) is 12.4 Å². The maximum atomic E-state index is 13.4. The quantitative estimate of drug-likeness (QED) is 0.622. The number of nitrogens with zero attached hydrogens (tertiary/aromatic N) is 2. The molecule has 31 heavy (non-hydrogen) atoms. The number of aliphatic hydroxyl groups is 2. The van der Waals surface area contributed by atoms with Crippen LogP contribution in [0.4, 0.5) is 0 Å². The number of pyridine rings is 2. The maximum absolute atomic E-state index is 13.4. The van der Waals surface area contributed by atoms with Gasteiger partial charge in [-0.15, -0.1) is 0 Å². The van der Waals surface area contributed by atoms with Gasteiger partial charge in [0.2, 0.25) is 0 Å². The van der Waals surface area contributed by atoms with Gasteiger partial charge in [-0.3, -0.25) is 9.36 Å². The molecule has 4 heterocycles. The molecular weight excluding hydrogens is 400 g/mol. The van der Waals surface area contributed by atoms with Crippen molar-refractivity contribution < 1.29 is 24.5 Å². The lowest BCUT2D eigenvalue weighted by Crippen LogP contribution is -2.44. The highest BCUT2D eigenvalue weighted by Crippen LogP contribution is 2.45. The van der Waals surface area contributed by atoms with E-state index >= 15 is 0 Å². The Labute approximate surface area is 177 Å². The molecule has 2 aliphatic heterocycles. The summed E-state index contributed by atoms with van der Waals surface area (Å²) in [7, 11) is 1.58. The fraction of sp³-hybridized carbons (Fsp3) is 0.348. The number of benzene rings is 1. The number of rotatable bonds is 3. The van der Waals surface area contributed by atoms with Gasteiger partial charge in [0, 0.05) is 16.5 Å². The van der Waals surface area contributed by atoms with Gasteiger partial charge >= 0.3 is 5.97 Å². The molecule has 160 valence electrons. The van der Waals surface area contributed by atoms with Crippen molar-refractivity contribution in [3.05, 3.63) is 56.9 Å². The predicted molar refractivity (Wildman–Crippen MR) is 112 cm³/mol. The van der Waals surface area contributed by atoms with Crippen LogP contribution in [0, 0.1) is 0 Å². The van der Waals surface area contributed by atoms with Gasteiger partial charge in [-0.2, -0.15) is 0 Å². The van der Waals surface area contributed by atoms with Crippen LogP contribution >= 0.6 is 0 Å². The average molecular weight is 422 g/mol. The van der Waals surface area contributed by atoms with E-state index in [-0.39, 0.29) is 24.2 Å². The van der Waals surface area contributed by atoms with Crippen LogP contribution in [0.25, 0.3) is 22.3 Å². The molecule has 0 saturated carbocycles. The number of carbonyl (C=O) groups excluding carboxylic acids is 1. The first kappa shape index (κ1) is 19.7. The summed E-state index contributed by atoms with van der Waals surface area (Å²) >= 11 is 0. The van der Waals surface area contributed by atoms with Crippen LogP contribution < -0.4 is 10.3 Å². The third-order valence-corrected chi connectivity index (χ3v) is 6.42. The van der Waals surface area contributed by atoms with E-state index in [2.05, 4.69) is 0 Å². The summed E-state index contributed by atoms with van der Waals surface area (Å²) in [5, 5.41) is 23.0. The van der Waals surface area contributed by atoms with E-state index in [9.17, 15) is 19.8 Å². The molecule has 2 atom stereocenters. The third kappa shape index (κ3) is 2.40. The van der Waals surface area contributed by atoms with Gasteiger partial charge < -0.3 is 19.7 Å². The van der Waals surface area contributed by atoms with Crippen molar-refractivity contribution in [2.24, 2.45) is 0 Å². The number of cyclic esters (lactones) is 1. The molecule has 0 bridgehead atoms. The van der Waals surface area contributed by atoms with Crippen LogP contribution in [-0.2, 0) is 28.2 Å². The van der Waals surface area contributed by atoms with Gasteiger partial charge in [0.25, 0.3) is 5.56 Å². The molecule has 0 fully saturated rings. The lowest BCUT2D eigenvalue weighted by atomic mass is 9.86. The minimum atomic E-state index is -1.91. The lowest BCUT2D eigenvalue weighted by molar-refractivity contribution is -0.172. The number of esters is 1. The maximum Gasteiger partial charge on any atom is 0.343 e. The molecule has 2 N–H and O–H groups in total. The Kier molecular flexibility index (Phi) is 4.22. The van der Waals surface area contributed by atoms with E-state index in [1.54, 1.807) is 20.1 Å². The molecule has 0 aliphatic carbocycles. The highest BCUT2D eigenvalue weighted by Gasteiger charge is 2.46. The monoisotopic (exact) mass is 422 g/mol. The first-order valence-electron chi connectivity index (χ1n) is 10.2. The van der Waals surface area contributed by atoms with Crippen LogP contribution in [0.2, 0.25) is 0 Å². The first-order valence-corrected chi connectivity index (χ1v) is 10.2. The highest BCUT2D eigenvalue weighted by molar-refractivity contribution is 5.93. The summed E-state index contributed by atoms with van der Waals surface area (Å²) < 4.78 is 11.9. The second kappa shape index (κ2) is 6.63. The number of ether oxygens (including phenoxy) is 2. The molecule has 1 aromatic carbocycles. The van der Waals surface area contributed by atoms with E-state index in [1.165, 1.54) is 4.57 Å². The number of aliphatic hydroxyl groups excluding tert-OH is 1. The Bertz CT molecular complexity index is 1330. The summed E-state index contributed by atoms with van der Waals surface area (Å²) in [4.78, 5) is 30.4. The second-order valence-corrected chi connectivity index (χ2v) is 7.82. The third-order valence-electron chi connectivity index (χ3n) is 6.42. The zero-order chi connectivity index (χ0) is 22.1. The van der Waals surface area contributed by atoms with Crippen molar-refractivity contribution in [2.45, 2.75) is 45.1 Å². The number of aryl methyl sites for hydroxylation is 1. The van der Waals surface area contributed by atoms with E-state index < -0.39 is 23.4 Å². The van der Waals surface area contributed by atoms with Crippen LogP contribution in [0.15, 0.2) is 29.1 Å². The SMILES string of the molecule is CCc1c2c(nc3cccc(OC)c13)-c1cc3c(c(=O)n1C2O)COC(=O)[C@]3(O)CC. The first-order chi connectivity index (χ1) is 14.9. The van der Waals surface area contributed by atoms with Crippen LogP contribution in [0.1, 0.15) is 48.8 Å². The van der Waals surface area contributed by atoms with Gasteiger partial charge in [0.15, 0.2) is 11.8 Å². The Balaban J connectivity index is 1.89. The summed E-state index contributed by atoms with van der Waals surface area (Å²) in [6.45, 7) is 3.37. The van der Waals surface area contributed by atoms with Crippen molar-refractivity contribution in [3.8, 4) is 17.1 Å². The smallest absolute Gasteiger partial charge is 0.343 e. The van der Waals surface area contributed by atoms with E-state index in [0.717, 1.165) is 10.9 Å². The molecule has 3 aromatic rings. The van der Waals surface area contributed by atoms with Crippen molar-refractivity contribution in [3.63, 3.8) is 0 Å². The average Bonchev–Trinajstić information content (AvgIpc) is 3.06. The Hall–Kier alpha value is -3.23. The van der Waals surface area contributed by atoms with Crippen molar-refractivity contribution in [1.29, 1.82) is 0 Å². The van der Waals surface area contributed by atoms with Crippen LogP contribution in [0.5, 0.6) is 5.75 Å². The summed E-state index contributed by atoms with van der Waals surface area (Å²) in [5.74, 6) is -0.144.